The van der Waals surface area contributed by atoms with E-state index in [4.69, 9.17) is 0 Å². The molecule has 5 nitrogen and oxygen atoms in total. The predicted molar refractivity (Wildman–Crippen MR) is 98.8 cm³/mol. The molecule has 2 aromatic carbocycles. The molecule has 0 bridgehead atoms. The maximum atomic E-state index is 12.5. The smallest absolute Gasteiger partial charge is 0.356 e. The summed E-state index contributed by atoms with van der Waals surface area (Å²) < 4.78 is 39.0. The molecule has 8 heteroatoms. The Hall–Kier alpha value is -3.16. The van der Waals surface area contributed by atoms with E-state index in [1.807, 2.05) is 0 Å². The molecule has 1 aromatic heterocycles. The van der Waals surface area contributed by atoms with Gasteiger partial charge in [-0.3, -0.25) is 14.2 Å². The van der Waals surface area contributed by atoms with Crippen LogP contribution in [-0.2, 0) is 23.9 Å². The van der Waals surface area contributed by atoms with E-state index in [0.29, 0.717) is 29.4 Å². The average molecular weight is 389 g/mol. The highest BCUT2D eigenvalue weighted by molar-refractivity contribution is 5.77. The third-order valence-electron chi connectivity index (χ3n) is 4.33. The minimum absolute atomic E-state index is 0.104. The van der Waals surface area contributed by atoms with Gasteiger partial charge in [0.15, 0.2) is 0 Å². The number of para-hydroxylation sites is 1. The quantitative estimate of drug-likeness (QED) is 0.704. The molecule has 0 aliphatic heterocycles. The van der Waals surface area contributed by atoms with Crippen molar-refractivity contribution >= 4 is 16.8 Å². The summed E-state index contributed by atoms with van der Waals surface area (Å²) in [5.74, 6) is -0.244. The van der Waals surface area contributed by atoms with Crippen molar-refractivity contribution in [2.24, 2.45) is 0 Å². The Morgan fingerprint density at radius 3 is 2.50 bits per heavy atom. The third-order valence-corrected chi connectivity index (χ3v) is 4.33. The molecule has 28 heavy (non-hydrogen) atoms. The summed E-state index contributed by atoms with van der Waals surface area (Å²) in [5.41, 5.74) is 0.394. The van der Waals surface area contributed by atoms with Crippen LogP contribution in [0, 0.1) is 0 Å². The summed E-state index contributed by atoms with van der Waals surface area (Å²) in [6, 6.07) is 11.8. The molecular formula is C20H18F3N3O2. The van der Waals surface area contributed by atoms with E-state index in [1.54, 1.807) is 24.3 Å². The highest BCUT2D eigenvalue weighted by Gasteiger charge is 2.29. The zero-order valence-electron chi connectivity index (χ0n) is 14.9. The molecule has 0 fully saturated rings. The van der Waals surface area contributed by atoms with Gasteiger partial charge in [0.05, 0.1) is 22.8 Å². The molecule has 0 spiro atoms. The zero-order chi connectivity index (χ0) is 20.1. The minimum Gasteiger partial charge on any atom is -0.356 e. The number of carbonyl (C=O) groups is 1. The first-order valence-corrected chi connectivity index (χ1v) is 8.71. The van der Waals surface area contributed by atoms with Crippen LogP contribution in [0.2, 0.25) is 0 Å². The summed E-state index contributed by atoms with van der Waals surface area (Å²) in [4.78, 5) is 28.5. The average Bonchev–Trinajstić information content (AvgIpc) is 2.67. The molecular weight excluding hydrogens is 371 g/mol. The molecule has 1 N–H and O–H groups in total. The van der Waals surface area contributed by atoms with Gasteiger partial charge in [-0.25, -0.2) is 4.98 Å². The Kier molecular flexibility index (Phi) is 5.77. The van der Waals surface area contributed by atoms with E-state index in [0.717, 1.165) is 12.1 Å². The van der Waals surface area contributed by atoms with Gasteiger partial charge < -0.3 is 5.32 Å². The van der Waals surface area contributed by atoms with Crippen LogP contribution in [0.3, 0.4) is 0 Å². The van der Waals surface area contributed by atoms with Crippen LogP contribution >= 0.6 is 0 Å². The number of aromatic nitrogens is 2. The Balaban J connectivity index is 1.49. The van der Waals surface area contributed by atoms with Crippen molar-refractivity contribution in [3.8, 4) is 0 Å². The Labute approximate surface area is 158 Å². The molecule has 1 heterocycles. The van der Waals surface area contributed by atoms with E-state index < -0.39 is 11.7 Å². The number of halogens is 3. The number of nitrogens with one attached hydrogen (secondary N) is 1. The fourth-order valence-electron chi connectivity index (χ4n) is 2.78. The molecule has 0 aliphatic carbocycles. The first-order chi connectivity index (χ1) is 13.3. The standard InChI is InChI=1S/C20H18F3N3O2/c21-20(22,23)15-7-5-14(6-8-15)9-11-24-18(27)10-12-26-13-25-17-4-2-1-3-16(17)19(26)28/h1-8,13H,9-12H2,(H,24,27). The topological polar surface area (TPSA) is 64.0 Å². The first-order valence-electron chi connectivity index (χ1n) is 8.71. The van der Waals surface area contributed by atoms with Gasteiger partial charge in [-0.1, -0.05) is 24.3 Å². The monoisotopic (exact) mass is 389 g/mol. The number of nitrogens with zero attached hydrogens (tertiary/aromatic N) is 2. The highest BCUT2D eigenvalue weighted by atomic mass is 19.4. The second-order valence-electron chi connectivity index (χ2n) is 6.30. The lowest BCUT2D eigenvalue weighted by Gasteiger charge is -2.09. The van der Waals surface area contributed by atoms with E-state index in [1.165, 1.54) is 23.0 Å². The van der Waals surface area contributed by atoms with Crippen LogP contribution in [0.5, 0.6) is 0 Å². The summed E-state index contributed by atoms with van der Waals surface area (Å²) in [7, 11) is 0. The number of benzene rings is 2. The molecule has 0 saturated carbocycles. The molecule has 3 rings (SSSR count). The number of aryl methyl sites for hydroxylation is 1. The van der Waals surface area contributed by atoms with Gasteiger partial charge in [-0.05, 0) is 36.2 Å². The second-order valence-corrected chi connectivity index (χ2v) is 6.30. The first kappa shape index (κ1) is 19.6. The Bertz CT molecular complexity index is 1030. The lowest BCUT2D eigenvalue weighted by Crippen LogP contribution is -2.29. The normalized spacial score (nSPS) is 11.5. The maximum absolute atomic E-state index is 12.5. The Morgan fingerprint density at radius 1 is 1.07 bits per heavy atom. The van der Waals surface area contributed by atoms with Gasteiger partial charge in [0.2, 0.25) is 5.91 Å². The lowest BCUT2D eigenvalue weighted by molar-refractivity contribution is -0.137. The lowest BCUT2D eigenvalue weighted by atomic mass is 10.1. The number of hydrogen-bond donors (Lipinski definition) is 1. The van der Waals surface area contributed by atoms with Crippen molar-refractivity contribution < 1.29 is 18.0 Å². The summed E-state index contributed by atoms with van der Waals surface area (Å²) in [5, 5.41) is 3.20. The number of amides is 1. The molecule has 0 aliphatic rings. The van der Waals surface area contributed by atoms with E-state index in [9.17, 15) is 22.8 Å². The fraction of sp³-hybridized carbons (Fsp3) is 0.250. The molecule has 1 amide bonds. The van der Waals surface area contributed by atoms with Crippen molar-refractivity contribution in [2.75, 3.05) is 6.54 Å². The number of rotatable bonds is 6. The van der Waals surface area contributed by atoms with Crippen molar-refractivity contribution in [3.63, 3.8) is 0 Å². The van der Waals surface area contributed by atoms with Crippen LogP contribution < -0.4 is 10.9 Å². The molecule has 146 valence electrons. The number of fused-ring (bicyclic) bond motifs is 1. The molecule has 0 atom stereocenters. The molecule has 3 aromatic rings. The van der Waals surface area contributed by atoms with E-state index in [-0.39, 0.29) is 24.4 Å². The van der Waals surface area contributed by atoms with Crippen LogP contribution in [0.1, 0.15) is 17.5 Å². The maximum Gasteiger partial charge on any atom is 0.416 e. The summed E-state index contributed by atoms with van der Waals surface area (Å²) in [6.45, 7) is 0.498. The third kappa shape index (κ3) is 4.76. The van der Waals surface area contributed by atoms with E-state index >= 15 is 0 Å². The van der Waals surface area contributed by atoms with Crippen LogP contribution in [0.4, 0.5) is 13.2 Å². The van der Waals surface area contributed by atoms with Crippen molar-refractivity contribution in [2.45, 2.75) is 25.6 Å². The van der Waals surface area contributed by atoms with Crippen LogP contribution in [-0.4, -0.2) is 22.0 Å². The van der Waals surface area contributed by atoms with Crippen LogP contribution in [0.25, 0.3) is 10.9 Å². The highest BCUT2D eigenvalue weighted by Crippen LogP contribution is 2.29. The minimum atomic E-state index is -4.36. The van der Waals surface area contributed by atoms with Gasteiger partial charge >= 0.3 is 6.18 Å². The zero-order valence-corrected chi connectivity index (χ0v) is 14.9. The molecule has 0 saturated heterocycles. The Morgan fingerprint density at radius 2 is 1.79 bits per heavy atom. The molecule has 0 unspecified atom stereocenters. The number of carbonyl (C=O) groups excluding carboxylic acids is 1. The van der Waals surface area contributed by atoms with Crippen molar-refractivity contribution in [1.82, 2.24) is 14.9 Å². The van der Waals surface area contributed by atoms with Gasteiger partial charge in [0, 0.05) is 19.5 Å². The second kappa shape index (κ2) is 8.24. The van der Waals surface area contributed by atoms with Gasteiger partial charge in [-0.15, -0.1) is 0 Å². The van der Waals surface area contributed by atoms with E-state index in [2.05, 4.69) is 10.3 Å². The SMILES string of the molecule is O=C(CCn1cnc2ccccc2c1=O)NCCc1ccc(C(F)(F)F)cc1. The van der Waals surface area contributed by atoms with Gasteiger partial charge in [0.1, 0.15) is 0 Å². The van der Waals surface area contributed by atoms with Crippen molar-refractivity contribution in [3.05, 3.63) is 76.3 Å². The summed E-state index contributed by atoms with van der Waals surface area (Å²) in [6.07, 6.45) is -2.42. The molecule has 0 radical (unpaired) electrons. The summed E-state index contributed by atoms with van der Waals surface area (Å²) >= 11 is 0. The van der Waals surface area contributed by atoms with Gasteiger partial charge in [-0.2, -0.15) is 13.2 Å². The van der Waals surface area contributed by atoms with Crippen molar-refractivity contribution in [1.29, 1.82) is 0 Å². The van der Waals surface area contributed by atoms with Gasteiger partial charge in [0.25, 0.3) is 5.56 Å². The fourth-order valence-corrected chi connectivity index (χ4v) is 2.78. The van der Waals surface area contributed by atoms with Crippen LogP contribution in [0.15, 0.2) is 59.7 Å². The predicted octanol–water partition coefficient (Wildman–Crippen LogP) is 3.16. The largest absolute Gasteiger partial charge is 0.416 e. The number of hydrogen-bond acceptors (Lipinski definition) is 3. The number of alkyl halides is 3.